The fraction of sp³-hybridized carbons (Fsp3) is 0. The molecule has 0 bridgehead atoms. The number of carbonyl (C=O) groups is 2. The van der Waals surface area contributed by atoms with E-state index in [1.54, 1.807) is 6.07 Å². The van der Waals surface area contributed by atoms with E-state index in [1.807, 2.05) is 0 Å². The number of amides is 1. The second kappa shape index (κ2) is 8.93. The third kappa shape index (κ3) is 5.03. The summed E-state index contributed by atoms with van der Waals surface area (Å²) in [6.45, 7) is 0. The van der Waals surface area contributed by atoms with Gasteiger partial charge in [0.2, 0.25) is 0 Å². The summed E-state index contributed by atoms with van der Waals surface area (Å²) < 4.78 is 0. The summed E-state index contributed by atoms with van der Waals surface area (Å²) >= 11 is 6.01. The van der Waals surface area contributed by atoms with Crippen molar-refractivity contribution in [3.8, 4) is 5.75 Å². The highest BCUT2D eigenvalue weighted by molar-refractivity contribution is 6.31. The van der Waals surface area contributed by atoms with Gasteiger partial charge in [-0.1, -0.05) is 11.6 Å². The van der Waals surface area contributed by atoms with Gasteiger partial charge in [-0.05, 0) is 54.6 Å². The summed E-state index contributed by atoms with van der Waals surface area (Å²) in [6, 6.07) is 15.6. The van der Waals surface area contributed by atoms with Crippen LogP contribution in [-0.4, -0.2) is 21.9 Å². The summed E-state index contributed by atoms with van der Waals surface area (Å²) in [7, 11) is 0. The predicted octanol–water partition coefficient (Wildman–Crippen LogP) is 4.60. The zero-order chi connectivity index (χ0) is 21.7. The van der Waals surface area contributed by atoms with Gasteiger partial charge in [-0.2, -0.15) is 0 Å². The molecule has 3 N–H and O–H groups in total. The Hall–Kier alpha value is -4.11. The van der Waals surface area contributed by atoms with Crippen molar-refractivity contribution in [1.29, 1.82) is 0 Å². The molecule has 10 heteroatoms. The van der Waals surface area contributed by atoms with E-state index in [2.05, 4.69) is 10.8 Å². The average molecular weight is 428 g/mol. The molecule has 0 aliphatic rings. The number of benzene rings is 3. The second-order valence-corrected chi connectivity index (χ2v) is 6.42. The van der Waals surface area contributed by atoms with Crippen LogP contribution in [0.25, 0.3) is 0 Å². The first-order chi connectivity index (χ1) is 14.3. The summed E-state index contributed by atoms with van der Waals surface area (Å²) in [5, 5.41) is 22.6. The normalized spacial score (nSPS) is 10.2. The third-order valence-electron chi connectivity index (χ3n) is 3.94. The number of nitro groups is 1. The number of rotatable bonds is 7. The van der Waals surface area contributed by atoms with Crippen molar-refractivity contribution < 1.29 is 24.5 Å². The quantitative estimate of drug-likeness (QED) is 0.370. The molecular formula is C20H14ClN3O6. The third-order valence-corrected chi connectivity index (χ3v) is 4.18. The van der Waals surface area contributed by atoms with E-state index in [0.29, 0.717) is 22.1 Å². The number of nitrogens with zero attached hydrogens (tertiary/aromatic N) is 1. The molecule has 3 aromatic carbocycles. The topological polar surface area (TPSA) is 131 Å². The van der Waals surface area contributed by atoms with Crippen LogP contribution < -0.4 is 15.6 Å². The summed E-state index contributed by atoms with van der Waals surface area (Å²) in [4.78, 5) is 39.2. The van der Waals surface area contributed by atoms with Gasteiger partial charge in [-0.3, -0.25) is 14.9 Å². The SMILES string of the molecule is O=C(O)c1ccc(NC(=O)c2cc(Cl)ccc2NOc2ccc([N+](=O)[O-])cc2)cc1. The van der Waals surface area contributed by atoms with Gasteiger partial charge in [0.1, 0.15) is 0 Å². The van der Waals surface area contributed by atoms with Crippen molar-refractivity contribution in [2.45, 2.75) is 0 Å². The van der Waals surface area contributed by atoms with Crippen LogP contribution in [0, 0.1) is 10.1 Å². The first-order valence-corrected chi connectivity index (χ1v) is 8.83. The summed E-state index contributed by atoms with van der Waals surface area (Å²) in [5.41, 5.74) is 3.51. The Morgan fingerprint density at radius 3 is 2.27 bits per heavy atom. The lowest BCUT2D eigenvalue weighted by Crippen LogP contribution is -2.16. The molecule has 0 aliphatic heterocycles. The highest BCUT2D eigenvalue weighted by Crippen LogP contribution is 2.24. The van der Waals surface area contributed by atoms with Crippen LogP contribution in [0.2, 0.25) is 5.02 Å². The molecule has 9 nitrogen and oxygen atoms in total. The van der Waals surface area contributed by atoms with Crippen LogP contribution in [-0.2, 0) is 0 Å². The van der Waals surface area contributed by atoms with Gasteiger partial charge >= 0.3 is 5.97 Å². The minimum Gasteiger partial charge on any atom is -0.478 e. The lowest BCUT2D eigenvalue weighted by atomic mass is 10.1. The number of carboxylic acids is 1. The average Bonchev–Trinajstić information content (AvgIpc) is 2.73. The van der Waals surface area contributed by atoms with Gasteiger partial charge in [-0.15, -0.1) is 0 Å². The molecule has 0 saturated heterocycles. The molecular weight excluding hydrogens is 414 g/mol. The maximum absolute atomic E-state index is 12.7. The molecule has 0 radical (unpaired) electrons. The van der Waals surface area contributed by atoms with Crippen LogP contribution >= 0.6 is 11.6 Å². The van der Waals surface area contributed by atoms with Gasteiger partial charge in [-0.25, -0.2) is 10.3 Å². The number of aromatic carboxylic acids is 1. The van der Waals surface area contributed by atoms with Gasteiger partial charge in [0.15, 0.2) is 5.75 Å². The second-order valence-electron chi connectivity index (χ2n) is 5.98. The van der Waals surface area contributed by atoms with Crippen molar-refractivity contribution >= 4 is 40.5 Å². The molecule has 1 amide bonds. The van der Waals surface area contributed by atoms with Gasteiger partial charge in [0.25, 0.3) is 11.6 Å². The van der Waals surface area contributed by atoms with E-state index in [-0.39, 0.29) is 16.8 Å². The standard InChI is InChI=1S/C20H14ClN3O6/c21-13-3-10-18(23-30-16-8-6-15(7-9-16)24(28)29)17(11-13)19(25)22-14-4-1-12(2-5-14)20(26)27/h1-11,23H,(H,22,25)(H,26,27). The molecule has 0 aliphatic carbocycles. The largest absolute Gasteiger partial charge is 0.478 e. The van der Waals surface area contributed by atoms with E-state index in [1.165, 1.54) is 60.7 Å². The van der Waals surface area contributed by atoms with Crippen molar-refractivity contribution in [2.24, 2.45) is 0 Å². The number of hydrogen-bond donors (Lipinski definition) is 3. The molecule has 0 aromatic heterocycles. The molecule has 30 heavy (non-hydrogen) atoms. The molecule has 0 heterocycles. The first-order valence-electron chi connectivity index (χ1n) is 8.45. The molecule has 3 aromatic rings. The molecule has 0 atom stereocenters. The number of hydrogen-bond acceptors (Lipinski definition) is 6. The van der Waals surface area contributed by atoms with E-state index in [4.69, 9.17) is 21.5 Å². The Bertz CT molecular complexity index is 1100. The number of halogens is 1. The zero-order valence-corrected chi connectivity index (χ0v) is 15.9. The highest BCUT2D eigenvalue weighted by Gasteiger charge is 2.14. The molecule has 0 unspecified atom stereocenters. The van der Waals surface area contributed by atoms with Crippen LogP contribution in [0.4, 0.5) is 17.1 Å². The Morgan fingerprint density at radius 2 is 1.67 bits per heavy atom. The maximum atomic E-state index is 12.7. The summed E-state index contributed by atoms with van der Waals surface area (Å²) in [6.07, 6.45) is 0. The van der Waals surface area contributed by atoms with Crippen LogP contribution in [0.15, 0.2) is 66.7 Å². The molecule has 0 fully saturated rings. The first kappa shape index (κ1) is 20.6. The highest BCUT2D eigenvalue weighted by atomic mass is 35.5. The lowest BCUT2D eigenvalue weighted by Gasteiger charge is -2.13. The predicted molar refractivity (Wildman–Crippen MR) is 110 cm³/mol. The van der Waals surface area contributed by atoms with Gasteiger partial charge < -0.3 is 15.3 Å². The van der Waals surface area contributed by atoms with Crippen LogP contribution in [0.5, 0.6) is 5.75 Å². The number of anilines is 2. The number of nitro benzene ring substituents is 1. The Kier molecular flexibility index (Phi) is 6.14. The summed E-state index contributed by atoms with van der Waals surface area (Å²) in [5.74, 6) is -1.28. The van der Waals surface area contributed by atoms with Crippen molar-refractivity contribution in [1.82, 2.24) is 0 Å². The van der Waals surface area contributed by atoms with Crippen molar-refractivity contribution in [2.75, 3.05) is 10.8 Å². The number of non-ortho nitro benzene ring substituents is 1. The number of carbonyl (C=O) groups excluding carboxylic acids is 1. The monoisotopic (exact) mass is 427 g/mol. The lowest BCUT2D eigenvalue weighted by molar-refractivity contribution is -0.384. The maximum Gasteiger partial charge on any atom is 0.335 e. The van der Waals surface area contributed by atoms with Crippen molar-refractivity contribution in [3.05, 3.63) is 93.0 Å². The Morgan fingerprint density at radius 1 is 1.00 bits per heavy atom. The van der Waals surface area contributed by atoms with Crippen LogP contribution in [0.1, 0.15) is 20.7 Å². The molecule has 0 saturated carbocycles. The van der Waals surface area contributed by atoms with E-state index >= 15 is 0 Å². The minimum absolute atomic E-state index is 0.0807. The number of nitrogens with one attached hydrogen (secondary N) is 2. The molecule has 0 spiro atoms. The van der Waals surface area contributed by atoms with Gasteiger partial charge in [0.05, 0.1) is 21.7 Å². The van der Waals surface area contributed by atoms with Crippen LogP contribution in [0.3, 0.4) is 0 Å². The number of carboxylic acid groups (broad SMARTS) is 1. The van der Waals surface area contributed by atoms with Crippen molar-refractivity contribution in [3.63, 3.8) is 0 Å². The fourth-order valence-corrected chi connectivity index (χ4v) is 2.61. The fourth-order valence-electron chi connectivity index (χ4n) is 2.44. The zero-order valence-electron chi connectivity index (χ0n) is 15.2. The Balaban J connectivity index is 1.74. The van der Waals surface area contributed by atoms with E-state index < -0.39 is 16.8 Å². The van der Waals surface area contributed by atoms with Gasteiger partial charge in [0, 0.05) is 22.8 Å². The molecule has 3 rings (SSSR count). The smallest absolute Gasteiger partial charge is 0.335 e. The van der Waals surface area contributed by atoms with E-state index in [9.17, 15) is 19.7 Å². The molecule has 152 valence electrons. The Labute approximate surface area is 175 Å². The van der Waals surface area contributed by atoms with E-state index in [0.717, 1.165) is 0 Å². The minimum atomic E-state index is -1.07.